The summed E-state index contributed by atoms with van der Waals surface area (Å²) in [5, 5.41) is 0. The minimum Gasteiger partial charge on any atom is -0.463 e. The molecule has 0 N–H and O–H groups in total. The largest absolute Gasteiger partial charge is 0.463 e. The lowest BCUT2D eigenvalue weighted by Crippen LogP contribution is -2.16. The Hall–Kier alpha value is -0.250. The van der Waals surface area contributed by atoms with E-state index in [2.05, 4.69) is 15.0 Å². The van der Waals surface area contributed by atoms with Gasteiger partial charge in [0.05, 0.1) is 12.4 Å². The molecule has 0 bridgehead atoms. The highest BCUT2D eigenvalue weighted by molar-refractivity contribution is 8.00. The topological polar surface area (TPSA) is 74.2 Å². The number of hydrogen-bond donors (Lipinski definition) is 0. The SMILES string of the molecule is CCOCCOC(=O)CSc1ccc(-c2nc(C(Cl)(Cl)Cl)nc(C(Cl)(Cl)Cl)n2)cc1. The molecule has 0 aliphatic heterocycles. The van der Waals surface area contributed by atoms with Crippen LogP contribution in [0.3, 0.4) is 0 Å². The third-order valence-electron chi connectivity index (χ3n) is 3.31. The average molecular weight is 554 g/mol. The van der Waals surface area contributed by atoms with E-state index in [1.54, 1.807) is 24.3 Å². The molecule has 0 fully saturated rings. The summed E-state index contributed by atoms with van der Waals surface area (Å²) in [6.07, 6.45) is 0. The Balaban J connectivity index is 2.11. The van der Waals surface area contributed by atoms with E-state index in [1.165, 1.54) is 11.8 Å². The first kappa shape index (κ1) is 26.0. The van der Waals surface area contributed by atoms with Gasteiger partial charge in [-0.2, -0.15) is 0 Å². The fraction of sp³-hybridized carbons (Fsp3) is 0.412. The van der Waals surface area contributed by atoms with Crippen LogP contribution in [0.15, 0.2) is 29.2 Å². The van der Waals surface area contributed by atoms with Crippen molar-refractivity contribution in [2.24, 2.45) is 0 Å². The number of hydrogen-bond acceptors (Lipinski definition) is 7. The Morgan fingerprint density at radius 2 is 1.50 bits per heavy atom. The van der Waals surface area contributed by atoms with E-state index in [9.17, 15) is 4.79 Å². The number of ether oxygens (including phenoxy) is 2. The van der Waals surface area contributed by atoms with E-state index in [-0.39, 0.29) is 35.8 Å². The summed E-state index contributed by atoms with van der Waals surface area (Å²) < 4.78 is 6.31. The second kappa shape index (κ2) is 11.6. The summed E-state index contributed by atoms with van der Waals surface area (Å²) in [7, 11) is 0. The second-order valence-electron chi connectivity index (χ2n) is 5.53. The maximum Gasteiger partial charge on any atom is 0.316 e. The summed E-state index contributed by atoms with van der Waals surface area (Å²) in [5.74, 6) is -0.356. The lowest BCUT2D eigenvalue weighted by molar-refractivity contribution is -0.141. The number of thioether (sulfide) groups is 1. The molecule has 2 rings (SSSR count). The summed E-state index contributed by atoms with van der Waals surface area (Å²) in [5.41, 5.74) is 0.576. The number of esters is 1. The zero-order chi connectivity index (χ0) is 22.4. The van der Waals surface area contributed by atoms with Gasteiger partial charge in [-0.05, 0) is 19.1 Å². The third kappa shape index (κ3) is 8.36. The van der Waals surface area contributed by atoms with Crippen molar-refractivity contribution in [2.45, 2.75) is 19.4 Å². The Bertz CT molecular complexity index is 827. The van der Waals surface area contributed by atoms with Crippen molar-refractivity contribution in [3.05, 3.63) is 35.9 Å². The summed E-state index contributed by atoms with van der Waals surface area (Å²) in [6, 6.07) is 7.01. The van der Waals surface area contributed by atoms with Gasteiger partial charge >= 0.3 is 5.97 Å². The molecular formula is C17H15Cl6N3O3S. The van der Waals surface area contributed by atoms with Gasteiger partial charge in [-0.3, -0.25) is 4.79 Å². The molecule has 0 spiro atoms. The van der Waals surface area contributed by atoms with Crippen LogP contribution in [0.25, 0.3) is 11.4 Å². The van der Waals surface area contributed by atoms with Gasteiger partial charge < -0.3 is 9.47 Å². The number of alkyl halides is 6. The molecule has 164 valence electrons. The van der Waals surface area contributed by atoms with Gasteiger partial charge in [-0.15, -0.1) is 11.8 Å². The fourth-order valence-electron chi connectivity index (χ4n) is 2.00. The fourth-order valence-corrected chi connectivity index (χ4v) is 3.20. The summed E-state index contributed by atoms with van der Waals surface area (Å²) in [6.45, 7) is 3.05. The quantitative estimate of drug-likeness (QED) is 0.175. The number of benzene rings is 1. The van der Waals surface area contributed by atoms with Crippen LogP contribution in [0.5, 0.6) is 0 Å². The molecule has 0 aliphatic carbocycles. The first-order valence-corrected chi connectivity index (χ1v) is 11.6. The van der Waals surface area contributed by atoms with Crippen LogP contribution in [0.1, 0.15) is 18.6 Å². The van der Waals surface area contributed by atoms with Crippen molar-refractivity contribution in [1.29, 1.82) is 0 Å². The lowest BCUT2D eigenvalue weighted by atomic mass is 10.2. The van der Waals surface area contributed by atoms with Crippen molar-refractivity contribution in [2.75, 3.05) is 25.6 Å². The van der Waals surface area contributed by atoms with Crippen LogP contribution in [-0.4, -0.2) is 46.5 Å². The molecule has 0 radical (unpaired) electrons. The van der Waals surface area contributed by atoms with Gasteiger partial charge in [0, 0.05) is 17.1 Å². The number of halogens is 6. The smallest absolute Gasteiger partial charge is 0.316 e. The molecule has 0 aliphatic rings. The molecule has 30 heavy (non-hydrogen) atoms. The van der Waals surface area contributed by atoms with Crippen LogP contribution >= 0.6 is 81.4 Å². The van der Waals surface area contributed by atoms with Crippen molar-refractivity contribution in [3.8, 4) is 11.4 Å². The Kier molecular flexibility index (Phi) is 10.0. The van der Waals surface area contributed by atoms with Crippen LogP contribution < -0.4 is 0 Å². The van der Waals surface area contributed by atoms with Gasteiger partial charge in [0.2, 0.25) is 7.59 Å². The van der Waals surface area contributed by atoms with Crippen LogP contribution in [-0.2, 0) is 21.9 Å². The van der Waals surface area contributed by atoms with E-state index in [4.69, 9.17) is 79.1 Å². The molecule has 1 aromatic carbocycles. The minimum absolute atomic E-state index is 0.159. The molecule has 6 nitrogen and oxygen atoms in total. The van der Waals surface area contributed by atoms with Crippen LogP contribution in [0, 0.1) is 0 Å². The van der Waals surface area contributed by atoms with Gasteiger partial charge in [0.15, 0.2) is 17.5 Å². The highest BCUT2D eigenvalue weighted by Crippen LogP contribution is 2.40. The molecule has 2 aromatic rings. The zero-order valence-corrected chi connectivity index (χ0v) is 20.7. The van der Waals surface area contributed by atoms with Gasteiger partial charge in [-0.25, -0.2) is 15.0 Å². The molecular weight excluding hydrogens is 539 g/mol. The van der Waals surface area contributed by atoms with Crippen molar-refractivity contribution in [3.63, 3.8) is 0 Å². The third-order valence-corrected chi connectivity index (χ3v) is 5.31. The Labute approximate surface area is 207 Å². The molecule has 13 heteroatoms. The van der Waals surface area contributed by atoms with E-state index in [1.807, 2.05) is 6.92 Å². The zero-order valence-electron chi connectivity index (χ0n) is 15.4. The average Bonchev–Trinajstić information content (AvgIpc) is 2.68. The maximum absolute atomic E-state index is 11.7. The molecule has 0 amide bonds. The Morgan fingerprint density at radius 1 is 0.933 bits per heavy atom. The molecule has 0 unspecified atom stereocenters. The molecule has 1 aromatic heterocycles. The first-order valence-electron chi connectivity index (χ1n) is 8.37. The normalized spacial score (nSPS) is 12.1. The van der Waals surface area contributed by atoms with Gasteiger partial charge in [0.25, 0.3) is 0 Å². The number of nitrogens with zero attached hydrogens (tertiary/aromatic N) is 3. The predicted molar refractivity (Wildman–Crippen MR) is 122 cm³/mol. The lowest BCUT2D eigenvalue weighted by Gasteiger charge is -2.15. The molecule has 0 saturated carbocycles. The van der Waals surface area contributed by atoms with Crippen molar-refractivity contribution in [1.82, 2.24) is 15.0 Å². The number of carbonyl (C=O) groups is 1. The van der Waals surface area contributed by atoms with Gasteiger partial charge in [0.1, 0.15) is 6.61 Å². The van der Waals surface area contributed by atoms with E-state index in [0.717, 1.165) is 4.90 Å². The van der Waals surface area contributed by atoms with Crippen molar-refractivity contribution < 1.29 is 14.3 Å². The van der Waals surface area contributed by atoms with E-state index < -0.39 is 7.59 Å². The second-order valence-corrected chi connectivity index (χ2v) is 11.1. The van der Waals surface area contributed by atoms with Crippen molar-refractivity contribution >= 4 is 87.3 Å². The minimum atomic E-state index is -1.93. The van der Waals surface area contributed by atoms with Gasteiger partial charge in [-0.1, -0.05) is 81.7 Å². The molecule has 0 saturated heterocycles. The number of aromatic nitrogens is 3. The summed E-state index contributed by atoms with van der Waals surface area (Å²) in [4.78, 5) is 24.8. The van der Waals surface area contributed by atoms with Crippen LogP contribution in [0.4, 0.5) is 0 Å². The first-order chi connectivity index (χ1) is 14.0. The number of carbonyl (C=O) groups excluding carboxylic acids is 1. The molecule has 1 heterocycles. The highest BCUT2D eigenvalue weighted by Gasteiger charge is 2.34. The standard InChI is InChI=1S/C17H15Cl6N3O3S/c1-2-28-7-8-29-12(27)9-30-11-5-3-10(4-6-11)13-24-14(16(18,19)20)26-15(25-13)17(21,22)23/h3-6H,2,7-9H2,1H3. The van der Waals surface area contributed by atoms with E-state index >= 15 is 0 Å². The summed E-state index contributed by atoms with van der Waals surface area (Å²) >= 11 is 36.6. The maximum atomic E-state index is 11.7. The van der Waals surface area contributed by atoms with Crippen LogP contribution in [0.2, 0.25) is 0 Å². The number of rotatable bonds is 8. The monoisotopic (exact) mass is 551 g/mol. The van der Waals surface area contributed by atoms with E-state index in [0.29, 0.717) is 18.8 Å². The highest BCUT2D eigenvalue weighted by atomic mass is 35.6. The molecule has 0 atom stereocenters. The Morgan fingerprint density at radius 3 is 2.00 bits per heavy atom. The predicted octanol–water partition coefficient (Wildman–Crippen LogP) is 5.86.